The lowest BCUT2D eigenvalue weighted by Crippen LogP contribution is -2.63. The molecule has 250 valence electrons. The predicted molar refractivity (Wildman–Crippen MR) is 160 cm³/mol. The van der Waals surface area contributed by atoms with E-state index in [-0.39, 0.29) is 60.2 Å². The first-order valence-corrected chi connectivity index (χ1v) is 16.6. The van der Waals surface area contributed by atoms with Crippen LogP contribution in [-0.4, -0.2) is 69.7 Å². The van der Waals surface area contributed by atoms with E-state index in [9.17, 15) is 34.5 Å². The largest absolute Gasteiger partial charge is 0.481 e. The van der Waals surface area contributed by atoms with Crippen LogP contribution < -0.4 is 0 Å². The van der Waals surface area contributed by atoms with Gasteiger partial charge in [0.25, 0.3) is 0 Å². The quantitative estimate of drug-likeness (QED) is 0.231. The molecule has 11 atom stereocenters. The van der Waals surface area contributed by atoms with E-state index in [2.05, 4.69) is 20.8 Å². The number of aliphatic carboxylic acids is 1. The van der Waals surface area contributed by atoms with Gasteiger partial charge in [0.05, 0.1) is 25.0 Å². The normalized spacial score (nSPS) is 38.8. The van der Waals surface area contributed by atoms with Gasteiger partial charge in [0.1, 0.15) is 11.7 Å². The Hall–Kier alpha value is -2.20. The van der Waals surface area contributed by atoms with E-state index in [1.54, 1.807) is 20.8 Å². The van der Waals surface area contributed by atoms with Gasteiger partial charge in [0.15, 0.2) is 6.61 Å². The Morgan fingerprint density at radius 1 is 0.886 bits per heavy atom. The lowest BCUT2D eigenvalue weighted by molar-refractivity contribution is -0.217. The summed E-state index contributed by atoms with van der Waals surface area (Å²) in [5, 5.41) is 31.7. The van der Waals surface area contributed by atoms with Crippen LogP contribution >= 0.6 is 0 Å². The van der Waals surface area contributed by atoms with Gasteiger partial charge in [-0.2, -0.15) is 0 Å². The molecule has 0 aliphatic heterocycles. The molecule has 44 heavy (non-hydrogen) atoms. The van der Waals surface area contributed by atoms with Crippen molar-refractivity contribution in [3.8, 4) is 0 Å². The zero-order chi connectivity index (χ0) is 32.6. The number of fused-ring (bicyclic) bond motifs is 5. The highest BCUT2D eigenvalue weighted by Crippen LogP contribution is 2.68. The number of hydrogen-bond donors (Lipinski definition) is 3. The molecule has 4 aliphatic carbocycles. The van der Waals surface area contributed by atoms with Crippen LogP contribution in [0.4, 0.5) is 0 Å². The van der Waals surface area contributed by atoms with Crippen molar-refractivity contribution in [2.24, 2.45) is 46.3 Å². The van der Waals surface area contributed by atoms with Gasteiger partial charge < -0.3 is 29.5 Å². The summed E-state index contributed by atoms with van der Waals surface area (Å²) in [6.07, 6.45) is 4.13. The zero-order valence-corrected chi connectivity index (χ0v) is 27.4. The molecular formula is C34H54O10. The predicted octanol–water partition coefficient (Wildman–Crippen LogP) is 4.66. The van der Waals surface area contributed by atoms with Crippen molar-refractivity contribution in [3.63, 3.8) is 0 Å². The average Bonchev–Trinajstić information content (AvgIpc) is 3.28. The molecule has 4 saturated carbocycles. The molecule has 0 aromatic carbocycles. The van der Waals surface area contributed by atoms with Crippen LogP contribution in [0.2, 0.25) is 0 Å². The van der Waals surface area contributed by atoms with E-state index in [1.807, 2.05) is 0 Å². The van der Waals surface area contributed by atoms with Crippen molar-refractivity contribution < 1.29 is 48.7 Å². The van der Waals surface area contributed by atoms with Crippen molar-refractivity contribution in [3.05, 3.63) is 0 Å². The highest BCUT2D eigenvalue weighted by Gasteiger charge is 2.66. The van der Waals surface area contributed by atoms with E-state index in [0.717, 1.165) is 25.7 Å². The van der Waals surface area contributed by atoms with Crippen molar-refractivity contribution >= 4 is 23.9 Å². The second kappa shape index (κ2) is 13.3. The maximum atomic E-state index is 13.2. The number of ether oxygens (including phenoxy) is 3. The molecular weight excluding hydrogens is 568 g/mol. The number of rotatable bonds is 10. The van der Waals surface area contributed by atoms with Gasteiger partial charge >= 0.3 is 23.9 Å². The van der Waals surface area contributed by atoms with Crippen molar-refractivity contribution in [2.75, 3.05) is 6.61 Å². The van der Waals surface area contributed by atoms with Gasteiger partial charge in [-0.25, -0.2) is 4.79 Å². The van der Waals surface area contributed by atoms with Gasteiger partial charge in [-0.1, -0.05) is 20.8 Å². The molecule has 3 N–H and O–H groups in total. The number of hydrogen-bond acceptors (Lipinski definition) is 9. The summed E-state index contributed by atoms with van der Waals surface area (Å²) >= 11 is 0. The van der Waals surface area contributed by atoms with Crippen LogP contribution in [0, 0.1) is 46.3 Å². The second-order valence-corrected chi connectivity index (χ2v) is 15.6. The lowest BCUT2D eigenvalue weighted by Gasteiger charge is -2.63. The summed E-state index contributed by atoms with van der Waals surface area (Å²) in [5.74, 6) is -1.95. The summed E-state index contributed by atoms with van der Waals surface area (Å²) in [5.41, 5.74) is -1.21. The molecule has 10 nitrogen and oxygen atoms in total. The third-order valence-electron chi connectivity index (χ3n) is 11.9. The fraction of sp³-hybridized carbons (Fsp3) is 0.882. The number of esters is 3. The van der Waals surface area contributed by atoms with Gasteiger partial charge in [-0.05, 0) is 113 Å². The molecule has 0 radical (unpaired) electrons. The van der Waals surface area contributed by atoms with Crippen LogP contribution in [0.25, 0.3) is 0 Å². The van der Waals surface area contributed by atoms with Gasteiger partial charge in [0.2, 0.25) is 0 Å². The number of carboxylic acids is 1. The summed E-state index contributed by atoms with van der Waals surface area (Å²) in [4.78, 5) is 48.7. The van der Waals surface area contributed by atoms with Crippen molar-refractivity contribution in [1.82, 2.24) is 0 Å². The molecule has 11 unspecified atom stereocenters. The summed E-state index contributed by atoms with van der Waals surface area (Å²) in [6.45, 7) is 11.2. The number of carbonyl (C=O) groups excluding carboxylic acids is 3. The fourth-order valence-corrected chi connectivity index (χ4v) is 9.80. The van der Waals surface area contributed by atoms with E-state index in [0.29, 0.717) is 25.7 Å². The topological polar surface area (TPSA) is 157 Å². The Kier molecular flexibility index (Phi) is 10.5. The molecule has 0 amide bonds. The fourth-order valence-electron chi connectivity index (χ4n) is 9.80. The Morgan fingerprint density at radius 3 is 2.23 bits per heavy atom. The minimum atomic E-state index is -0.813. The molecule has 10 heteroatoms. The Balaban J connectivity index is 1.49. The van der Waals surface area contributed by atoms with E-state index in [4.69, 9.17) is 14.2 Å². The minimum absolute atomic E-state index is 0.0274. The standard InChI is InChI=1S/C34H54O10/c1-19(7-10-27(37)38)22-8-9-23-31-24(17-26(36)34(22,23)6)33(5)14-13-21(35)15-20(33)16-25(31)43-29(40)12-11-28(39)42-18-30(41)44-32(2,3)4/h19-26,31,35-36H,7-18H2,1-6H3,(H,37,38). The van der Waals surface area contributed by atoms with Crippen LogP contribution in [0.3, 0.4) is 0 Å². The average molecular weight is 623 g/mol. The van der Waals surface area contributed by atoms with Gasteiger partial charge in [-0.3, -0.25) is 14.4 Å². The second-order valence-electron chi connectivity index (χ2n) is 15.6. The molecule has 0 aromatic rings. The van der Waals surface area contributed by atoms with Gasteiger partial charge in [0, 0.05) is 12.3 Å². The number of aliphatic hydroxyl groups is 2. The first-order valence-electron chi connectivity index (χ1n) is 16.6. The molecule has 0 aromatic heterocycles. The van der Waals surface area contributed by atoms with Crippen LogP contribution in [0.5, 0.6) is 0 Å². The number of carboxylic acid groups (broad SMARTS) is 1. The molecule has 0 saturated heterocycles. The van der Waals surface area contributed by atoms with Crippen molar-refractivity contribution in [1.29, 1.82) is 0 Å². The van der Waals surface area contributed by atoms with E-state index in [1.165, 1.54) is 0 Å². The van der Waals surface area contributed by atoms with Crippen LogP contribution in [0.1, 0.15) is 112 Å². The minimum Gasteiger partial charge on any atom is -0.481 e. The highest BCUT2D eigenvalue weighted by atomic mass is 16.6. The third-order valence-corrected chi connectivity index (χ3v) is 11.9. The Bertz CT molecular complexity index is 1080. The number of aliphatic hydroxyl groups excluding tert-OH is 2. The molecule has 0 heterocycles. The summed E-state index contributed by atoms with van der Waals surface area (Å²) in [7, 11) is 0. The Labute approximate surface area is 261 Å². The summed E-state index contributed by atoms with van der Waals surface area (Å²) in [6, 6.07) is 0. The van der Waals surface area contributed by atoms with E-state index >= 15 is 0 Å². The first-order chi connectivity index (χ1) is 20.5. The third kappa shape index (κ3) is 7.27. The molecule has 0 bridgehead atoms. The first kappa shape index (κ1) is 34.7. The molecule has 0 spiro atoms. The molecule has 4 fully saturated rings. The monoisotopic (exact) mass is 622 g/mol. The SMILES string of the molecule is CC(CCC(=O)O)C1CCC2C3C(OC(=O)CCC(=O)OCC(=O)OC(C)(C)C)CC4CC(O)CCC4(C)C3CC(O)C12C. The number of carbonyl (C=O) groups is 4. The summed E-state index contributed by atoms with van der Waals surface area (Å²) < 4.78 is 16.4. The van der Waals surface area contributed by atoms with Crippen LogP contribution in [0.15, 0.2) is 0 Å². The smallest absolute Gasteiger partial charge is 0.344 e. The molecule has 4 aliphatic rings. The molecule has 4 rings (SSSR count). The maximum absolute atomic E-state index is 13.2. The maximum Gasteiger partial charge on any atom is 0.344 e. The van der Waals surface area contributed by atoms with Gasteiger partial charge in [-0.15, -0.1) is 0 Å². The Morgan fingerprint density at radius 2 is 1.57 bits per heavy atom. The van der Waals surface area contributed by atoms with E-state index < -0.39 is 59.8 Å². The lowest BCUT2D eigenvalue weighted by atomic mass is 9.43. The zero-order valence-electron chi connectivity index (χ0n) is 27.4. The van der Waals surface area contributed by atoms with Crippen LogP contribution in [-0.2, 0) is 33.4 Å². The highest BCUT2D eigenvalue weighted by molar-refractivity contribution is 5.80. The van der Waals surface area contributed by atoms with Crippen molar-refractivity contribution in [2.45, 2.75) is 136 Å².